The molecule has 740 valence electrons. The number of benzene rings is 10. The Labute approximate surface area is 885 Å². The molecule has 10 rings (SSSR count). The van der Waals surface area contributed by atoms with Gasteiger partial charge in [0.25, 0.3) is 0 Å². The molecular weight excluding hydrogens is 2140 g/mol. The first-order valence-electron chi connectivity index (χ1n) is 50.0. The van der Waals surface area contributed by atoms with E-state index in [1.807, 2.05) is 84.9 Å². The summed E-state index contributed by atoms with van der Waals surface area (Å²) < 4.78 is 0. The van der Waals surface area contributed by atoms with Gasteiger partial charge in [0.1, 0.15) is 0 Å². The maximum atomic E-state index is 15.4. The number of rotatable bonds is 12. The van der Waals surface area contributed by atoms with Crippen LogP contribution < -0.4 is 40.9 Å². The van der Waals surface area contributed by atoms with Crippen molar-refractivity contribution < 1.29 is 103 Å². The summed E-state index contributed by atoms with van der Waals surface area (Å²) in [6.45, 7) is 102. The standard InChI is InChI=1S/2C64H90O4.2U/c2*1-57(2,3)39-29-43(53(65)47(33-39)61(13,14)15)51(44-30-40(58(4,5)6)34-48(54(44)66)62(16,17)18)37-26-25-27-38(28-37)52(45-31-41(59(7,8)9)35-49(55(45)67)63(19,20)21)46-32-42(60(10,11)12)36-50(56(46)68)64(22,23)24;;/h2*25-36,51-52,65-68H,1-24H3;;/q;;2*+4/p-8. The summed E-state index contributed by atoms with van der Waals surface area (Å²) in [7, 11) is 0. The third kappa shape index (κ3) is 25.9. The molecule has 0 amide bonds. The van der Waals surface area contributed by atoms with Crippen molar-refractivity contribution in [3.8, 4) is 46.0 Å². The molecule has 10 heteroatoms. The summed E-state index contributed by atoms with van der Waals surface area (Å²) >= 11 is 0. The van der Waals surface area contributed by atoms with Crippen molar-refractivity contribution in [2.75, 3.05) is 0 Å². The molecule has 0 spiro atoms. The third-order valence-corrected chi connectivity index (χ3v) is 28.0. The molecule has 8 nitrogen and oxygen atoms in total. The molecule has 0 saturated heterocycles. The quantitative estimate of drug-likeness (QED) is 0.108. The van der Waals surface area contributed by atoms with E-state index in [0.717, 1.165) is 66.8 Å². The summed E-state index contributed by atoms with van der Waals surface area (Å²) in [5.74, 6) is -3.79. The van der Waals surface area contributed by atoms with Gasteiger partial charge in [-0.3, -0.25) is 0 Å². The van der Waals surface area contributed by atoms with Crippen molar-refractivity contribution in [2.45, 2.75) is 443 Å². The Morgan fingerprint density at radius 2 is 0.232 bits per heavy atom. The van der Waals surface area contributed by atoms with E-state index in [1.165, 1.54) is 0 Å². The van der Waals surface area contributed by atoms with E-state index >= 15 is 40.9 Å². The zero-order valence-corrected chi connectivity index (χ0v) is 103. The Kier molecular flexibility index (Phi) is 33.8. The van der Waals surface area contributed by atoms with Gasteiger partial charge in [-0.2, -0.15) is 0 Å². The normalized spacial score (nSPS) is 13.6. The SMILES string of the molecule is CC(C)(C)c1cc(C(c2cccc(C(c3cc(C(C)(C)C)cc(C(C)(C)C)c3[O-])c3cc(C(C)(C)C)cc(C(C)(C)C)c3[O-])c2)c2cc(C(C)(C)C)cc(C(C)(C)C)c2[O-])c([O-])c(C(C)(C)C)c1.CC(C)(C)c1cc(C(c2cccc(C(c3cc(C(C)(C)C)cc(C(C)(C)C)c3[O-])c3cc(C(C)(C)C)cc(C(C)(C)C)c3[O-])c2)c2cc(C(C)(C)C)cc(C(C)(C)C)c2[O-])c([O-])c(C(C)(C)C)c1.[U+4].[U+4]. The molecular formula is C128H172O8U2. The van der Waals surface area contributed by atoms with Gasteiger partial charge in [0.2, 0.25) is 0 Å². The zero-order valence-electron chi connectivity index (χ0n) is 94.4. The van der Waals surface area contributed by atoms with Crippen LogP contribution in [0.15, 0.2) is 146 Å². The first kappa shape index (κ1) is 118. The minimum Gasteiger partial charge on any atom is -0.872 e. The Morgan fingerprint density at radius 3 is 0.312 bits per heavy atom. The van der Waals surface area contributed by atoms with Crippen LogP contribution in [-0.2, 0) is 86.6 Å². The van der Waals surface area contributed by atoms with Crippen molar-refractivity contribution in [3.63, 3.8) is 0 Å². The van der Waals surface area contributed by atoms with Gasteiger partial charge in [-0.1, -0.05) is 478 Å². The second kappa shape index (κ2) is 39.7. The summed E-state index contributed by atoms with van der Waals surface area (Å²) in [6.07, 6.45) is 0. The van der Waals surface area contributed by atoms with Crippen LogP contribution in [0.25, 0.3) is 0 Å². The van der Waals surface area contributed by atoms with Crippen molar-refractivity contribution in [1.82, 2.24) is 0 Å². The minimum absolute atomic E-state index is 0. The molecule has 0 saturated carbocycles. The van der Waals surface area contributed by atoms with Gasteiger partial charge < -0.3 is 40.9 Å². The Hall–Kier alpha value is -7.30. The van der Waals surface area contributed by atoms with Crippen LogP contribution in [-0.4, -0.2) is 0 Å². The minimum atomic E-state index is -0.780. The van der Waals surface area contributed by atoms with E-state index < -0.39 is 67.0 Å². The first-order chi connectivity index (χ1) is 60.9. The largest absolute Gasteiger partial charge is 4.00 e. The van der Waals surface area contributed by atoms with Gasteiger partial charge in [0.05, 0.1) is 0 Å². The fourth-order valence-electron chi connectivity index (χ4n) is 18.8. The third-order valence-electron chi connectivity index (χ3n) is 28.0. The predicted octanol–water partition coefficient (Wildman–Crippen LogP) is 29.4. The number of hydrogen-bond acceptors (Lipinski definition) is 8. The Morgan fingerprint density at radius 1 is 0.138 bits per heavy atom. The molecule has 0 unspecified atom stereocenters. The van der Waals surface area contributed by atoms with Gasteiger partial charge in [-0.15, -0.1) is 46.0 Å². The molecule has 0 aliphatic rings. The second-order valence-electron chi connectivity index (χ2n) is 56.6. The molecule has 0 atom stereocenters. The topological polar surface area (TPSA) is 184 Å². The van der Waals surface area contributed by atoms with Crippen molar-refractivity contribution in [3.05, 3.63) is 301 Å². The van der Waals surface area contributed by atoms with Gasteiger partial charge in [0, 0.05) is 23.7 Å². The Bertz CT molecular complexity index is 5040. The molecule has 10 aromatic rings. The first-order valence-corrected chi connectivity index (χ1v) is 50.0. The van der Waals surface area contributed by atoms with Gasteiger partial charge in [-0.25, -0.2) is 0 Å². The predicted molar refractivity (Wildman–Crippen MR) is 563 cm³/mol. The second-order valence-corrected chi connectivity index (χ2v) is 56.6. The van der Waals surface area contributed by atoms with Crippen molar-refractivity contribution in [1.29, 1.82) is 0 Å². The van der Waals surface area contributed by atoms with Gasteiger partial charge in [0.15, 0.2) is 0 Å². The Balaban J connectivity index is 0.000000370. The van der Waals surface area contributed by atoms with E-state index in [4.69, 9.17) is 0 Å². The molecule has 0 N–H and O–H groups in total. The van der Waals surface area contributed by atoms with Crippen LogP contribution in [0.1, 0.15) is 512 Å². The monoisotopic (exact) mass is 2310 g/mol. The van der Waals surface area contributed by atoms with E-state index in [0.29, 0.717) is 89.0 Å². The molecule has 0 aliphatic heterocycles. The molecule has 0 aromatic heterocycles. The van der Waals surface area contributed by atoms with Crippen LogP contribution >= 0.6 is 0 Å². The fourth-order valence-corrected chi connectivity index (χ4v) is 18.8. The van der Waals surface area contributed by atoms with Crippen molar-refractivity contribution >= 4 is 0 Å². The van der Waals surface area contributed by atoms with E-state index in [-0.39, 0.29) is 152 Å². The molecule has 0 bridgehead atoms. The summed E-state index contributed by atoms with van der Waals surface area (Å²) in [4.78, 5) is 0. The molecule has 0 heterocycles. The van der Waals surface area contributed by atoms with E-state index in [9.17, 15) is 0 Å². The van der Waals surface area contributed by atoms with Crippen molar-refractivity contribution in [2.24, 2.45) is 0 Å². The average molecular weight is 2310 g/mol. The average Bonchev–Trinajstić information content (AvgIpc) is 0.693. The van der Waals surface area contributed by atoms with Gasteiger partial charge in [-0.05, 0) is 242 Å². The van der Waals surface area contributed by atoms with E-state index in [2.05, 4.69) is 393 Å². The maximum Gasteiger partial charge on any atom is 4.00 e. The molecule has 138 heavy (non-hydrogen) atoms. The summed E-state index contributed by atoms with van der Waals surface area (Å²) in [6, 6.07) is 49.1. The van der Waals surface area contributed by atoms with Crippen LogP contribution in [0.4, 0.5) is 0 Å². The maximum absolute atomic E-state index is 15.4. The van der Waals surface area contributed by atoms with Crippen LogP contribution in [0.2, 0.25) is 0 Å². The smallest absolute Gasteiger partial charge is 0.872 e. The molecule has 0 fully saturated rings. The van der Waals surface area contributed by atoms with Gasteiger partial charge >= 0.3 is 62.2 Å². The summed E-state index contributed by atoms with van der Waals surface area (Å²) in [5, 5.41) is 124. The number of hydrogen-bond donors (Lipinski definition) is 0. The van der Waals surface area contributed by atoms with Crippen LogP contribution in [0.3, 0.4) is 0 Å². The molecule has 0 aliphatic carbocycles. The fraction of sp³-hybridized carbons (Fsp3) is 0.531. The molecule has 10 aromatic carbocycles. The van der Waals surface area contributed by atoms with E-state index in [1.54, 1.807) is 0 Å². The zero-order chi connectivity index (χ0) is 104. The summed E-state index contributed by atoms with van der Waals surface area (Å²) in [5.41, 5.74) is 14.6. The van der Waals surface area contributed by atoms with Crippen LogP contribution in [0.5, 0.6) is 46.0 Å². The van der Waals surface area contributed by atoms with Crippen LogP contribution in [0, 0.1) is 62.2 Å². The molecule has 0 radical (unpaired) electrons.